The van der Waals surface area contributed by atoms with Gasteiger partial charge in [-0.15, -0.1) is 0 Å². The van der Waals surface area contributed by atoms with E-state index in [-0.39, 0.29) is 11.8 Å². The number of phenols is 1. The van der Waals surface area contributed by atoms with Crippen molar-refractivity contribution in [3.63, 3.8) is 0 Å². The number of aromatic hydroxyl groups is 1. The van der Waals surface area contributed by atoms with Gasteiger partial charge < -0.3 is 10.0 Å². The van der Waals surface area contributed by atoms with Crippen LogP contribution in [0.1, 0.15) is 18.5 Å². The van der Waals surface area contributed by atoms with Crippen LogP contribution in [0.25, 0.3) is 0 Å². The Labute approximate surface area is 84.8 Å². The quantitative estimate of drug-likeness (QED) is 0.787. The molecule has 0 spiro atoms. The van der Waals surface area contributed by atoms with Gasteiger partial charge in [0.05, 0.1) is 6.04 Å². The molecule has 74 valence electrons. The van der Waals surface area contributed by atoms with Crippen molar-refractivity contribution in [1.82, 2.24) is 4.90 Å². The van der Waals surface area contributed by atoms with E-state index in [0.717, 1.165) is 5.56 Å². The summed E-state index contributed by atoms with van der Waals surface area (Å²) in [6.45, 7) is 9.41. The molecule has 1 unspecified atom stereocenters. The lowest BCUT2D eigenvalue weighted by atomic mass is 10.1. The zero-order valence-electron chi connectivity index (χ0n) is 8.35. The first-order chi connectivity index (χ1) is 6.69. The Hall–Kier alpha value is -1.70. The van der Waals surface area contributed by atoms with Crippen LogP contribution in [0, 0.1) is 0 Å². The Kier molecular flexibility index (Phi) is 3.35. The lowest BCUT2D eigenvalue weighted by molar-refractivity contribution is 0.401. The van der Waals surface area contributed by atoms with Crippen LogP contribution < -0.4 is 0 Å². The minimum atomic E-state index is 0.136. The fourth-order valence-electron chi connectivity index (χ4n) is 1.35. The maximum absolute atomic E-state index is 9.32. The molecule has 0 radical (unpaired) electrons. The predicted molar refractivity (Wildman–Crippen MR) is 58.8 cm³/mol. The van der Waals surface area contributed by atoms with E-state index in [1.165, 1.54) is 0 Å². The van der Waals surface area contributed by atoms with Crippen molar-refractivity contribution in [2.75, 3.05) is 0 Å². The van der Waals surface area contributed by atoms with Gasteiger partial charge in [-0.2, -0.15) is 0 Å². The number of phenolic OH excluding ortho intramolecular Hbond substituents is 1. The summed E-state index contributed by atoms with van der Waals surface area (Å²) in [5.74, 6) is 0.280. The smallest absolute Gasteiger partial charge is 0.115 e. The number of nitrogens with zero attached hydrogens (tertiary/aromatic N) is 1. The molecule has 0 bridgehead atoms. The van der Waals surface area contributed by atoms with Crippen LogP contribution in [0.15, 0.2) is 49.8 Å². The van der Waals surface area contributed by atoms with Gasteiger partial charge in [-0.05, 0) is 37.0 Å². The molecule has 1 aromatic rings. The molecule has 14 heavy (non-hydrogen) atoms. The summed E-state index contributed by atoms with van der Waals surface area (Å²) in [6.07, 6.45) is 3.42. The third-order valence-corrected chi connectivity index (χ3v) is 2.22. The monoisotopic (exact) mass is 189 g/mol. The van der Waals surface area contributed by atoms with Crippen molar-refractivity contribution in [3.05, 3.63) is 55.4 Å². The van der Waals surface area contributed by atoms with Gasteiger partial charge in [-0.1, -0.05) is 25.3 Å². The average Bonchev–Trinajstić information content (AvgIpc) is 2.19. The van der Waals surface area contributed by atoms with Crippen molar-refractivity contribution in [3.8, 4) is 5.75 Å². The molecule has 0 saturated heterocycles. The highest BCUT2D eigenvalue weighted by molar-refractivity contribution is 5.29. The van der Waals surface area contributed by atoms with Crippen LogP contribution in [0.4, 0.5) is 0 Å². The van der Waals surface area contributed by atoms with Gasteiger partial charge in [0.2, 0.25) is 0 Å². The van der Waals surface area contributed by atoms with Crippen LogP contribution in [0.3, 0.4) is 0 Å². The zero-order valence-corrected chi connectivity index (χ0v) is 8.35. The van der Waals surface area contributed by atoms with Gasteiger partial charge >= 0.3 is 0 Å². The largest absolute Gasteiger partial charge is 0.508 e. The summed E-state index contributed by atoms with van der Waals surface area (Å²) in [6, 6.07) is 7.32. The van der Waals surface area contributed by atoms with Gasteiger partial charge in [0.25, 0.3) is 0 Å². The van der Waals surface area contributed by atoms with Gasteiger partial charge in [0.15, 0.2) is 0 Å². The van der Waals surface area contributed by atoms with Crippen molar-refractivity contribution in [2.24, 2.45) is 0 Å². The third-order valence-electron chi connectivity index (χ3n) is 2.22. The SMILES string of the molecule is C=CN(C=C)C(C)c1cccc(O)c1. The number of hydrogen-bond acceptors (Lipinski definition) is 2. The van der Waals surface area contributed by atoms with Crippen LogP contribution in [0.2, 0.25) is 0 Å². The van der Waals surface area contributed by atoms with Crippen molar-refractivity contribution in [1.29, 1.82) is 0 Å². The third kappa shape index (κ3) is 2.16. The van der Waals surface area contributed by atoms with Gasteiger partial charge in [0, 0.05) is 0 Å². The maximum Gasteiger partial charge on any atom is 0.115 e. The Morgan fingerprint density at radius 1 is 1.36 bits per heavy atom. The number of benzene rings is 1. The van der Waals surface area contributed by atoms with E-state index >= 15 is 0 Å². The first-order valence-corrected chi connectivity index (χ1v) is 4.50. The second kappa shape index (κ2) is 4.51. The van der Waals surface area contributed by atoms with Gasteiger partial charge in [-0.25, -0.2) is 0 Å². The molecule has 1 rings (SSSR count). The van der Waals surface area contributed by atoms with Crippen LogP contribution >= 0.6 is 0 Å². The highest BCUT2D eigenvalue weighted by atomic mass is 16.3. The van der Waals surface area contributed by atoms with Crippen LogP contribution in [-0.4, -0.2) is 10.0 Å². The zero-order chi connectivity index (χ0) is 10.6. The summed E-state index contributed by atoms with van der Waals surface area (Å²) >= 11 is 0. The van der Waals surface area contributed by atoms with E-state index in [1.54, 1.807) is 24.5 Å². The molecule has 1 atom stereocenters. The lowest BCUT2D eigenvalue weighted by Gasteiger charge is -2.23. The molecule has 1 aromatic carbocycles. The Morgan fingerprint density at radius 2 is 2.00 bits per heavy atom. The van der Waals surface area contributed by atoms with E-state index in [1.807, 2.05) is 24.0 Å². The molecular weight excluding hydrogens is 174 g/mol. The van der Waals surface area contributed by atoms with E-state index < -0.39 is 0 Å². The minimum Gasteiger partial charge on any atom is -0.508 e. The summed E-state index contributed by atoms with van der Waals surface area (Å²) in [5.41, 5.74) is 1.03. The van der Waals surface area contributed by atoms with Crippen LogP contribution in [0.5, 0.6) is 5.75 Å². The maximum atomic E-state index is 9.32. The molecule has 0 aromatic heterocycles. The molecular formula is C12H15NO. The standard InChI is InChI=1S/C12H15NO/c1-4-13(5-2)10(3)11-7-6-8-12(14)9-11/h4-10,14H,1-2H2,3H3. The molecule has 0 aliphatic carbocycles. The highest BCUT2D eigenvalue weighted by Gasteiger charge is 2.09. The Morgan fingerprint density at radius 3 is 2.50 bits per heavy atom. The van der Waals surface area contributed by atoms with E-state index in [0.29, 0.717) is 0 Å². The molecule has 0 heterocycles. The number of rotatable bonds is 4. The van der Waals surface area contributed by atoms with E-state index in [2.05, 4.69) is 13.2 Å². The second-order valence-corrected chi connectivity index (χ2v) is 3.08. The van der Waals surface area contributed by atoms with Crippen molar-refractivity contribution >= 4 is 0 Å². The molecule has 1 N–H and O–H groups in total. The van der Waals surface area contributed by atoms with Gasteiger partial charge in [0.1, 0.15) is 5.75 Å². The Bertz CT molecular complexity index is 325. The fraction of sp³-hybridized carbons (Fsp3) is 0.167. The summed E-state index contributed by atoms with van der Waals surface area (Å²) < 4.78 is 0. The molecule has 0 amide bonds. The molecule has 0 fully saturated rings. The van der Waals surface area contributed by atoms with Crippen molar-refractivity contribution < 1.29 is 5.11 Å². The summed E-state index contributed by atoms with van der Waals surface area (Å²) in [4.78, 5) is 1.88. The predicted octanol–water partition coefficient (Wildman–Crippen LogP) is 3.04. The normalized spacial score (nSPS) is 11.8. The molecule has 0 saturated carbocycles. The lowest BCUT2D eigenvalue weighted by Crippen LogP contribution is -2.13. The highest BCUT2D eigenvalue weighted by Crippen LogP contribution is 2.23. The molecule has 0 aliphatic heterocycles. The average molecular weight is 189 g/mol. The molecule has 2 nitrogen and oxygen atoms in total. The Balaban J connectivity index is 2.92. The second-order valence-electron chi connectivity index (χ2n) is 3.08. The summed E-state index contributed by atoms with van der Waals surface area (Å²) in [5, 5.41) is 9.32. The molecule has 2 heteroatoms. The first kappa shape index (κ1) is 10.4. The topological polar surface area (TPSA) is 23.5 Å². The van der Waals surface area contributed by atoms with Crippen LogP contribution in [-0.2, 0) is 0 Å². The fourth-order valence-corrected chi connectivity index (χ4v) is 1.35. The summed E-state index contributed by atoms with van der Waals surface area (Å²) in [7, 11) is 0. The first-order valence-electron chi connectivity index (χ1n) is 4.50. The van der Waals surface area contributed by atoms with E-state index in [9.17, 15) is 5.11 Å². The van der Waals surface area contributed by atoms with Crippen molar-refractivity contribution in [2.45, 2.75) is 13.0 Å². The minimum absolute atomic E-state index is 0.136. The van der Waals surface area contributed by atoms with E-state index in [4.69, 9.17) is 0 Å². The van der Waals surface area contributed by atoms with Gasteiger partial charge in [-0.3, -0.25) is 0 Å². The number of hydrogen-bond donors (Lipinski definition) is 1. The molecule has 0 aliphatic rings.